The van der Waals surface area contributed by atoms with Crippen molar-refractivity contribution in [3.63, 3.8) is 0 Å². The summed E-state index contributed by atoms with van der Waals surface area (Å²) in [4.78, 5) is 10.8. The average molecular weight is 344 g/mol. The zero-order valence-electron chi connectivity index (χ0n) is 15.3. The van der Waals surface area contributed by atoms with Crippen LogP contribution in [-0.4, -0.2) is 22.0 Å². The Morgan fingerprint density at radius 2 is 1.60 bits per heavy atom. The molecule has 0 bridgehead atoms. The largest absolute Gasteiger partial charge is 0.465 e. The maximum Gasteiger partial charge on any atom is 0.409 e. The lowest BCUT2D eigenvalue weighted by molar-refractivity contribution is 0.111. The molecule has 5 heteroatoms. The van der Waals surface area contributed by atoms with Gasteiger partial charge in [-0.2, -0.15) is 0 Å². The molecule has 0 aliphatic rings. The highest BCUT2D eigenvalue weighted by molar-refractivity contribution is 5.84. The fourth-order valence-corrected chi connectivity index (χ4v) is 2.19. The third-order valence-corrected chi connectivity index (χ3v) is 3.06. The number of hydrogen-bond donors (Lipinski definition) is 4. The SMILES string of the molecule is CC(C)(O)Nc1ccc(Cc2ccccc2NC(=O)O)cc1.CCC. The molecule has 0 unspecified atom stereocenters. The molecule has 25 heavy (non-hydrogen) atoms. The van der Waals surface area contributed by atoms with E-state index < -0.39 is 11.8 Å². The Morgan fingerprint density at radius 1 is 1.04 bits per heavy atom. The first-order valence-electron chi connectivity index (χ1n) is 8.42. The number of anilines is 2. The standard InChI is InChI=1S/C17H20N2O3.C3H8/c1-17(2,22)19-14-9-7-12(8-10-14)11-13-5-3-4-6-15(13)18-16(20)21;1-3-2/h3-10,18-19,22H,11H2,1-2H3,(H,20,21);3H2,1-2H3. The molecule has 0 radical (unpaired) electrons. The minimum Gasteiger partial charge on any atom is -0.465 e. The molecule has 1 amide bonds. The van der Waals surface area contributed by atoms with Gasteiger partial charge in [-0.1, -0.05) is 50.6 Å². The quantitative estimate of drug-likeness (QED) is 0.580. The zero-order valence-corrected chi connectivity index (χ0v) is 15.3. The van der Waals surface area contributed by atoms with Gasteiger partial charge in [-0.15, -0.1) is 0 Å². The van der Waals surface area contributed by atoms with Crippen LogP contribution in [-0.2, 0) is 6.42 Å². The van der Waals surface area contributed by atoms with Gasteiger partial charge in [-0.25, -0.2) is 4.79 Å². The summed E-state index contributed by atoms with van der Waals surface area (Å²) in [5.74, 6) is 0. The van der Waals surface area contributed by atoms with Gasteiger partial charge in [0.25, 0.3) is 0 Å². The molecule has 0 atom stereocenters. The summed E-state index contributed by atoms with van der Waals surface area (Å²) in [7, 11) is 0. The van der Waals surface area contributed by atoms with Crippen molar-refractivity contribution in [2.45, 2.75) is 46.3 Å². The normalized spacial score (nSPS) is 10.4. The Bertz CT molecular complexity index is 661. The van der Waals surface area contributed by atoms with Gasteiger partial charge in [0.15, 0.2) is 0 Å². The van der Waals surface area contributed by atoms with E-state index >= 15 is 0 Å². The highest BCUT2D eigenvalue weighted by atomic mass is 16.4. The predicted molar refractivity (Wildman–Crippen MR) is 103 cm³/mol. The number of hydrogen-bond acceptors (Lipinski definition) is 3. The molecule has 5 nitrogen and oxygen atoms in total. The number of carboxylic acid groups (broad SMARTS) is 1. The average Bonchev–Trinajstić information content (AvgIpc) is 2.50. The first-order valence-corrected chi connectivity index (χ1v) is 8.42. The van der Waals surface area contributed by atoms with Crippen LogP contribution < -0.4 is 10.6 Å². The molecule has 0 saturated heterocycles. The lowest BCUT2D eigenvalue weighted by Crippen LogP contribution is -2.29. The fourth-order valence-electron chi connectivity index (χ4n) is 2.19. The number of carbonyl (C=O) groups is 1. The molecule has 2 aromatic rings. The van der Waals surface area contributed by atoms with Gasteiger partial charge in [0.2, 0.25) is 0 Å². The highest BCUT2D eigenvalue weighted by Gasteiger charge is 2.11. The smallest absolute Gasteiger partial charge is 0.409 e. The second kappa shape index (κ2) is 9.69. The van der Waals surface area contributed by atoms with E-state index in [2.05, 4.69) is 24.5 Å². The molecule has 0 spiro atoms. The van der Waals surface area contributed by atoms with Crippen molar-refractivity contribution in [2.24, 2.45) is 0 Å². The fraction of sp³-hybridized carbons (Fsp3) is 0.350. The van der Waals surface area contributed by atoms with Crippen LogP contribution >= 0.6 is 0 Å². The summed E-state index contributed by atoms with van der Waals surface area (Å²) in [6.07, 6.45) is 0.802. The van der Waals surface area contributed by atoms with Gasteiger partial charge in [0.05, 0.1) is 0 Å². The van der Waals surface area contributed by atoms with Crippen molar-refractivity contribution in [1.82, 2.24) is 0 Å². The Labute approximate surface area is 149 Å². The summed E-state index contributed by atoms with van der Waals surface area (Å²) in [5.41, 5.74) is 2.41. The number of rotatable bonds is 5. The van der Waals surface area contributed by atoms with Gasteiger partial charge in [-0.05, 0) is 49.6 Å². The van der Waals surface area contributed by atoms with E-state index in [0.29, 0.717) is 12.1 Å². The zero-order chi connectivity index (χ0) is 18.9. The second-order valence-corrected chi connectivity index (χ2v) is 6.35. The van der Waals surface area contributed by atoms with E-state index in [9.17, 15) is 9.90 Å². The molecule has 0 fully saturated rings. The minimum absolute atomic E-state index is 0.591. The Hall–Kier alpha value is -2.53. The van der Waals surface area contributed by atoms with Crippen LogP contribution in [0.3, 0.4) is 0 Å². The van der Waals surface area contributed by atoms with Gasteiger partial charge in [0, 0.05) is 11.4 Å². The van der Waals surface area contributed by atoms with E-state index in [4.69, 9.17) is 5.11 Å². The van der Waals surface area contributed by atoms with Crippen molar-refractivity contribution in [3.05, 3.63) is 59.7 Å². The van der Waals surface area contributed by atoms with Crippen LogP contribution in [0.25, 0.3) is 0 Å². The lowest BCUT2D eigenvalue weighted by Gasteiger charge is -2.20. The number of nitrogens with one attached hydrogen (secondary N) is 2. The van der Waals surface area contributed by atoms with E-state index in [-0.39, 0.29) is 0 Å². The number of benzene rings is 2. The van der Waals surface area contributed by atoms with Gasteiger partial charge < -0.3 is 15.5 Å². The van der Waals surface area contributed by atoms with Crippen molar-refractivity contribution in [3.8, 4) is 0 Å². The summed E-state index contributed by atoms with van der Waals surface area (Å²) < 4.78 is 0. The third kappa shape index (κ3) is 8.22. The molecular formula is C20H28N2O3. The van der Waals surface area contributed by atoms with E-state index in [0.717, 1.165) is 16.8 Å². The molecule has 2 rings (SSSR count). The molecule has 0 aliphatic heterocycles. The van der Waals surface area contributed by atoms with Gasteiger partial charge in [-0.3, -0.25) is 5.32 Å². The molecular weight excluding hydrogens is 316 g/mol. The lowest BCUT2D eigenvalue weighted by atomic mass is 10.0. The Balaban J connectivity index is 0.000000970. The van der Waals surface area contributed by atoms with Crippen LogP contribution in [0.15, 0.2) is 48.5 Å². The van der Waals surface area contributed by atoms with Crippen molar-refractivity contribution in [1.29, 1.82) is 0 Å². The predicted octanol–water partition coefficient (Wildman–Crippen LogP) is 4.92. The third-order valence-electron chi connectivity index (χ3n) is 3.06. The van der Waals surface area contributed by atoms with Crippen LogP contribution in [0.5, 0.6) is 0 Å². The van der Waals surface area contributed by atoms with E-state index in [1.54, 1.807) is 26.0 Å². The number of amides is 1. The number of aliphatic hydroxyl groups is 1. The summed E-state index contributed by atoms with van der Waals surface area (Å²) in [5, 5.41) is 24.0. The van der Waals surface area contributed by atoms with Crippen molar-refractivity contribution in [2.75, 3.05) is 10.6 Å². The second-order valence-electron chi connectivity index (χ2n) is 6.35. The van der Waals surface area contributed by atoms with Crippen LogP contribution in [0.1, 0.15) is 45.2 Å². The maximum absolute atomic E-state index is 10.8. The monoisotopic (exact) mass is 344 g/mol. The van der Waals surface area contributed by atoms with Crippen LogP contribution in [0, 0.1) is 0 Å². The molecule has 0 saturated carbocycles. The Morgan fingerprint density at radius 3 is 2.12 bits per heavy atom. The van der Waals surface area contributed by atoms with Crippen LogP contribution in [0.2, 0.25) is 0 Å². The molecule has 0 aromatic heterocycles. The first kappa shape index (κ1) is 20.5. The summed E-state index contributed by atoms with van der Waals surface area (Å²) in [6.45, 7) is 7.60. The highest BCUT2D eigenvalue weighted by Crippen LogP contribution is 2.21. The maximum atomic E-state index is 10.8. The molecule has 136 valence electrons. The molecule has 2 aromatic carbocycles. The topological polar surface area (TPSA) is 81.6 Å². The van der Waals surface area contributed by atoms with E-state index in [1.807, 2.05) is 36.4 Å². The van der Waals surface area contributed by atoms with Crippen LogP contribution in [0.4, 0.5) is 16.2 Å². The number of para-hydroxylation sites is 1. The Kier molecular flexibility index (Phi) is 7.95. The first-order chi connectivity index (χ1) is 11.7. The van der Waals surface area contributed by atoms with Gasteiger partial charge >= 0.3 is 6.09 Å². The minimum atomic E-state index is -1.07. The van der Waals surface area contributed by atoms with E-state index in [1.165, 1.54) is 6.42 Å². The summed E-state index contributed by atoms with van der Waals surface area (Å²) >= 11 is 0. The van der Waals surface area contributed by atoms with Gasteiger partial charge in [0.1, 0.15) is 5.72 Å². The van der Waals surface area contributed by atoms with Crippen molar-refractivity contribution < 1.29 is 15.0 Å². The van der Waals surface area contributed by atoms with Crippen molar-refractivity contribution >= 4 is 17.5 Å². The summed E-state index contributed by atoms with van der Waals surface area (Å²) in [6, 6.07) is 15.0. The molecule has 0 aliphatic carbocycles. The molecule has 4 N–H and O–H groups in total. The molecule has 0 heterocycles.